The molecule has 1 unspecified atom stereocenters. The van der Waals surface area contributed by atoms with Gasteiger partial charge in [-0.1, -0.05) is 25.1 Å². The molecule has 16 heavy (non-hydrogen) atoms. The molecule has 1 heterocycles. The van der Waals surface area contributed by atoms with Gasteiger partial charge in [0.1, 0.15) is 0 Å². The molecule has 2 rings (SSSR count). The highest BCUT2D eigenvalue weighted by Crippen LogP contribution is 2.30. The van der Waals surface area contributed by atoms with Crippen molar-refractivity contribution in [1.29, 1.82) is 0 Å². The number of carboxylic acid groups (broad SMARTS) is 1. The predicted molar refractivity (Wildman–Crippen MR) is 62.5 cm³/mol. The number of benzene rings is 1. The van der Waals surface area contributed by atoms with Crippen molar-refractivity contribution in [2.75, 3.05) is 5.01 Å². The van der Waals surface area contributed by atoms with Gasteiger partial charge < -0.3 is 5.11 Å². The van der Waals surface area contributed by atoms with Crippen LogP contribution in [-0.4, -0.2) is 17.2 Å². The van der Waals surface area contributed by atoms with Crippen LogP contribution in [0.3, 0.4) is 0 Å². The molecule has 0 radical (unpaired) electrons. The number of hydrogen-bond donors (Lipinski definition) is 2. The van der Waals surface area contributed by atoms with Gasteiger partial charge in [0.15, 0.2) is 0 Å². The number of carbonyl (C=O) groups is 1. The zero-order chi connectivity index (χ0) is 11.5. The molecule has 0 aliphatic carbocycles. The van der Waals surface area contributed by atoms with Crippen molar-refractivity contribution in [1.82, 2.24) is 5.43 Å². The fraction of sp³-hybridized carbons (Fsp3) is 0.417. The Balaban J connectivity index is 2.32. The van der Waals surface area contributed by atoms with Crippen molar-refractivity contribution in [3.05, 3.63) is 29.8 Å². The third kappa shape index (κ3) is 1.96. The number of fused-ring (bicyclic) bond motifs is 1. The van der Waals surface area contributed by atoms with Gasteiger partial charge >= 0.3 is 6.09 Å². The van der Waals surface area contributed by atoms with E-state index in [2.05, 4.69) is 18.4 Å². The minimum Gasteiger partial charge on any atom is -0.464 e. The molecule has 4 nitrogen and oxygen atoms in total. The Labute approximate surface area is 94.9 Å². The molecule has 1 aliphatic heterocycles. The van der Waals surface area contributed by atoms with Gasteiger partial charge in [0.25, 0.3) is 0 Å². The monoisotopic (exact) mass is 220 g/mol. The summed E-state index contributed by atoms with van der Waals surface area (Å²) in [7, 11) is 0. The van der Waals surface area contributed by atoms with Crippen LogP contribution in [-0.2, 0) is 6.42 Å². The third-order valence-electron chi connectivity index (χ3n) is 3.05. The van der Waals surface area contributed by atoms with Crippen LogP contribution in [0.15, 0.2) is 24.3 Å². The summed E-state index contributed by atoms with van der Waals surface area (Å²) in [4.78, 5) is 10.8. The molecule has 1 aromatic rings. The molecular weight excluding hydrogens is 204 g/mol. The summed E-state index contributed by atoms with van der Waals surface area (Å²) >= 11 is 0. The topological polar surface area (TPSA) is 52.6 Å². The summed E-state index contributed by atoms with van der Waals surface area (Å²) < 4.78 is 0. The van der Waals surface area contributed by atoms with Crippen LogP contribution in [0, 0.1) is 0 Å². The number of para-hydroxylation sites is 1. The summed E-state index contributed by atoms with van der Waals surface area (Å²) in [5, 5.41) is 10.6. The Hall–Kier alpha value is -1.71. The first kappa shape index (κ1) is 10.8. The van der Waals surface area contributed by atoms with Gasteiger partial charge in [-0.05, 0) is 30.9 Å². The van der Waals surface area contributed by atoms with Crippen LogP contribution in [0.1, 0.15) is 25.3 Å². The van der Waals surface area contributed by atoms with Crippen LogP contribution in [0.5, 0.6) is 0 Å². The van der Waals surface area contributed by atoms with E-state index in [0.717, 1.165) is 24.9 Å². The second-order valence-corrected chi connectivity index (χ2v) is 4.02. The van der Waals surface area contributed by atoms with E-state index in [1.165, 1.54) is 5.56 Å². The minimum atomic E-state index is -1.00. The molecule has 2 N–H and O–H groups in total. The van der Waals surface area contributed by atoms with Crippen LogP contribution in [0.25, 0.3) is 0 Å². The van der Waals surface area contributed by atoms with Gasteiger partial charge in [-0.25, -0.2) is 10.2 Å². The number of aryl methyl sites for hydroxylation is 1. The molecular formula is C12H16N2O2. The van der Waals surface area contributed by atoms with Crippen molar-refractivity contribution < 1.29 is 9.90 Å². The van der Waals surface area contributed by atoms with E-state index in [-0.39, 0.29) is 6.04 Å². The standard InChI is InChI=1S/C12H16N2O2/c1-2-10-8-7-9-5-3-4-6-11(9)14(10)13-12(15)16/h3-6,10,13H,2,7-8H2,1H3,(H,15,16). The molecule has 86 valence electrons. The van der Waals surface area contributed by atoms with E-state index in [1.54, 1.807) is 5.01 Å². The Morgan fingerprint density at radius 2 is 2.31 bits per heavy atom. The van der Waals surface area contributed by atoms with Gasteiger partial charge in [0.2, 0.25) is 0 Å². The maximum atomic E-state index is 10.8. The maximum absolute atomic E-state index is 10.8. The molecule has 0 saturated heterocycles. The molecule has 4 heteroatoms. The molecule has 0 spiro atoms. The van der Waals surface area contributed by atoms with Crippen molar-refractivity contribution in [3.63, 3.8) is 0 Å². The van der Waals surface area contributed by atoms with Gasteiger partial charge in [0, 0.05) is 0 Å². The Kier molecular flexibility index (Phi) is 2.99. The van der Waals surface area contributed by atoms with Crippen LogP contribution < -0.4 is 10.4 Å². The largest absolute Gasteiger partial charge is 0.464 e. The van der Waals surface area contributed by atoms with Gasteiger partial charge in [-0.2, -0.15) is 0 Å². The number of hydrazine groups is 1. The third-order valence-corrected chi connectivity index (χ3v) is 3.05. The van der Waals surface area contributed by atoms with E-state index < -0.39 is 6.09 Å². The normalized spacial score (nSPS) is 19.1. The van der Waals surface area contributed by atoms with Crippen LogP contribution in [0.2, 0.25) is 0 Å². The molecule has 1 aliphatic rings. The molecule has 0 bridgehead atoms. The van der Waals surface area contributed by atoms with Crippen molar-refractivity contribution in [2.24, 2.45) is 0 Å². The Morgan fingerprint density at radius 3 is 3.00 bits per heavy atom. The number of anilines is 1. The number of rotatable bonds is 2. The lowest BCUT2D eigenvalue weighted by molar-refractivity contribution is 0.191. The first-order valence-electron chi connectivity index (χ1n) is 5.59. The summed E-state index contributed by atoms with van der Waals surface area (Å²) in [5.74, 6) is 0. The van der Waals surface area contributed by atoms with E-state index in [9.17, 15) is 4.79 Å². The summed E-state index contributed by atoms with van der Waals surface area (Å²) in [6.45, 7) is 2.08. The smallest absolute Gasteiger partial charge is 0.423 e. The van der Waals surface area contributed by atoms with E-state index in [1.807, 2.05) is 18.2 Å². The molecule has 1 amide bonds. The highest BCUT2D eigenvalue weighted by atomic mass is 16.4. The van der Waals surface area contributed by atoms with E-state index >= 15 is 0 Å². The van der Waals surface area contributed by atoms with Crippen molar-refractivity contribution in [2.45, 2.75) is 32.2 Å². The molecule has 0 saturated carbocycles. The highest BCUT2D eigenvalue weighted by Gasteiger charge is 2.25. The zero-order valence-electron chi connectivity index (χ0n) is 9.31. The summed E-state index contributed by atoms with van der Waals surface area (Å²) in [6.07, 6.45) is 1.95. The lowest BCUT2D eigenvalue weighted by Gasteiger charge is -2.37. The molecule has 0 aromatic heterocycles. The average molecular weight is 220 g/mol. The van der Waals surface area contributed by atoms with Gasteiger partial charge in [0.05, 0.1) is 11.7 Å². The fourth-order valence-corrected chi connectivity index (χ4v) is 2.25. The van der Waals surface area contributed by atoms with Gasteiger partial charge in [-0.3, -0.25) is 5.01 Å². The first-order valence-corrected chi connectivity index (χ1v) is 5.59. The van der Waals surface area contributed by atoms with Crippen molar-refractivity contribution in [3.8, 4) is 0 Å². The predicted octanol–water partition coefficient (Wildman–Crippen LogP) is 2.40. The average Bonchev–Trinajstić information content (AvgIpc) is 2.29. The lowest BCUT2D eigenvalue weighted by atomic mass is 9.96. The Bertz CT molecular complexity index is 392. The number of amides is 1. The molecule has 1 aromatic carbocycles. The minimum absolute atomic E-state index is 0.256. The van der Waals surface area contributed by atoms with E-state index in [0.29, 0.717) is 0 Å². The second kappa shape index (κ2) is 4.43. The number of hydrogen-bond acceptors (Lipinski definition) is 2. The zero-order valence-corrected chi connectivity index (χ0v) is 9.31. The molecule has 0 fully saturated rings. The lowest BCUT2D eigenvalue weighted by Crippen LogP contribution is -2.50. The SMILES string of the molecule is CCC1CCc2ccccc2N1NC(=O)O. The quantitative estimate of drug-likeness (QED) is 0.804. The second-order valence-electron chi connectivity index (χ2n) is 4.02. The number of nitrogens with one attached hydrogen (secondary N) is 1. The van der Waals surface area contributed by atoms with Crippen LogP contribution >= 0.6 is 0 Å². The van der Waals surface area contributed by atoms with Gasteiger partial charge in [-0.15, -0.1) is 0 Å². The first-order chi connectivity index (χ1) is 7.72. The summed E-state index contributed by atoms with van der Waals surface area (Å²) in [6, 6.07) is 8.20. The van der Waals surface area contributed by atoms with Crippen LogP contribution in [0.4, 0.5) is 10.5 Å². The van der Waals surface area contributed by atoms with E-state index in [4.69, 9.17) is 5.11 Å². The number of nitrogens with zero attached hydrogens (tertiary/aromatic N) is 1. The Morgan fingerprint density at radius 1 is 1.56 bits per heavy atom. The van der Waals surface area contributed by atoms with Crippen molar-refractivity contribution >= 4 is 11.8 Å². The highest BCUT2D eigenvalue weighted by molar-refractivity contribution is 5.69. The fourth-order valence-electron chi connectivity index (χ4n) is 2.25. The maximum Gasteiger partial charge on any atom is 0.423 e. The molecule has 1 atom stereocenters. The summed E-state index contributed by atoms with van der Waals surface area (Å²) in [5.41, 5.74) is 4.69.